The Labute approximate surface area is 170 Å². The molecule has 0 fully saturated rings. The molecule has 2 N–H and O–H groups in total. The first-order chi connectivity index (χ1) is 14.0. The van der Waals surface area contributed by atoms with E-state index < -0.39 is 12.1 Å². The van der Waals surface area contributed by atoms with Gasteiger partial charge in [-0.1, -0.05) is 19.9 Å². The summed E-state index contributed by atoms with van der Waals surface area (Å²) >= 11 is 0. The van der Waals surface area contributed by atoms with Crippen molar-refractivity contribution in [1.29, 1.82) is 0 Å². The van der Waals surface area contributed by atoms with Gasteiger partial charge in [-0.25, -0.2) is 9.78 Å². The lowest BCUT2D eigenvalue weighted by molar-refractivity contribution is -0.192. The minimum atomic E-state index is -5.08. The molecule has 3 aromatic rings. The van der Waals surface area contributed by atoms with Crippen LogP contribution < -0.4 is 5.32 Å². The average molecular weight is 422 g/mol. The largest absolute Gasteiger partial charge is 0.490 e. The standard InChI is InChI=1S/C18H20N4O.C2HF3O2/c1-12(2)18-20-7-8-22(18)11-16(23)21-15-10-13(3)9-14-5-4-6-19-17(14)15;3-2(4,5)1(6)7/h4-10,12H,11H2,1-3H3,(H,21,23);(H,6,7). The van der Waals surface area contributed by atoms with Gasteiger partial charge in [0.15, 0.2) is 0 Å². The Hall–Kier alpha value is -3.43. The molecule has 1 amide bonds. The van der Waals surface area contributed by atoms with E-state index in [9.17, 15) is 18.0 Å². The van der Waals surface area contributed by atoms with E-state index in [-0.39, 0.29) is 18.4 Å². The van der Waals surface area contributed by atoms with Gasteiger partial charge in [0.05, 0.1) is 11.2 Å². The van der Waals surface area contributed by atoms with Gasteiger partial charge in [0, 0.05) is 29.9 Å². The number of hydrogen-bond acceptors (Lipinski definition) is 4. The lowest BCUT2D eigenvalue weighted by Crippen LogP contribution is -2.21. The number of carbonyl (C=O) groups is 2. The molecule has 1 aromatic carbocycles. The molecule has 0 saturated heterocycles. The summed E-state index contributed by atoms with van der Waals surface area (Å²) in [6.45, 7) is 6.38. The van der Waals surface area contributed by atoms with Crippen molar-refractivity contribution in [2.24, 2.45) is 0 Å². The summed E-state index contributed by atoms with van der Waals surface area (Å²) in [5.41, 5.74) is 2.64. The van der Waals surface area contributed by atoms with Gasteiger partial charge in [-0.2, -0.15) is 13.2 Å². The van der Waals surface area contributed by atoms with Crippen LogP contribution in [0.4, 0.5) is 18.9 Å². The van der Waals surface area contributed by atoms with Crippen LogP contribution in [0, 0.1) is 6.92 Å². The first-order valence-corrected chi connectivity index (χ1v) is 8.95. The van der Waals surface area contributed by atoms with Gasteiger partial charge in [0.1, 0.15) is 12.4 Å². The first kappa shape index (κ1) is 22.9. The zero-order chi connectivity index (χ0) is 22.5. The van der Waals surface area contributed by atoms with Crippen LogP contribution in [0.5, 0.6) is 0 Å². The van der Waals surface area contributed by atoms with Gasteiger partial charge >= 0.3 is 12.1 Å². The number of imidazole rings is 1. The molecular weight excluding hydrogens is 401 g/mol. The number of rotatable bonds is 4. The molecule has 0 aliphatic rings. The van der Waals surface area contributed by atoms with Crippen LogP contribution in [0.3, 0.4) is 0 Å². The number of aryl methyl sites for hydroxylation is 1. The Morgan fingerprint density at radius 3 is 2.47 bits per heavy atom. The number of aromatic nitrogens is 3. The number of carbonyl (C=O) groups excluding carboxylic acids is 1. The van der Waals surface area contributed by atoms with E-state index in [0.717, 1.165) is 28.0 Å². The zero-order valence-corrected chi connectivity index (χ0v) is 16.6. The highest BCUT2D eigenvalue weighted by atomic mass is 19.4. The summed E-state index contributed by atoms with van der Waals surface area (Å²) in [4.78, 5) is 30.0. The highest BCUT2D eigenvalue weighted by Gasteiger charge is 2.38. The van der Waals surface area contributed by atoms with E-state index in [1.807, 2.05) is 35.9 Å². The minimum Gasteiger partial charge on any atom is -0.475 e. The Kier molecular flexibility index (Phi) is 7.14. The highest BCUT2D eigenvalue weighted by molar-refractivity contribution is 6.00. The summed E-state index contributed by atoms with van der Waals surface area (Å²) in [6, 6.07) is 7.90. The lowest BCUT2D eigenvalue weighted by atomic mass is 10.1. The van der Waals surface area contributed by atoms with E-state index >= 15 is 0 Å². The molecule has 0 bridgehead atoms. The summed E-state index contributed by atoms with van der Waals surface area (Å²) in [6.07, 6.45) is 0.216. The molecule has 0 spiro atoms. The third-order valence-electron chi connectivity index (χ3n) is 3.94. The van der Waals surface area contributed by atoms with Crippen molar-refractivity contribution in [2.45, 2.75) is 39.4 Å². The predicted octanol–water partition coefficient (Wildman–Crippen LogP) is 4.14. The number of pyridine rings is 1. The molecule has 0 aliphatic heterocycles. The number of benzene rings is 1. The van der Waals surface area contributed by atoms with Crippen molar-refractivity contribution in [3.05, 3.63) is 54.2 Å². The zero-order valence-electron chi connectivity index (χ0n) is 16.6. The SMILES string of the molecule is Cc1cc(NC(=O)Cn2ccnc2C(C)C)c2ncccc2c1.O=C(O)C(F)(F)F. The van der Waals surface area contributed by atoms with Gasteiger partial charge < -0.3 is 15.0 Å². The van der Waals surface area contributed by atoms with Crippen LogP contribution in [0.2, 0.25) is 0 Å². The fraction of sp³-hybridized carbons (Fsp3) is 0.300. The Morgan fingerprint density at radius 1 is 1.20 bits per heavy atom. The molecule has 2 heterocycles. The molecule has 0 saturated carbocycles. The summed E-state index contributed by atoms with van der Waals surface area (Å²) < 4.78 is 33.6. The smallest absolute Gasteiger partial charge is 0.475 e. The average Bonchev–Trinajstić information content (AvgIpc) is 3.09. The van der Waals surface area contributed by atoms with Crippen LogP contribution in [0.25, 0.3) is 10.9 Å². The number of alkyl halides is 3. The Bertz CT molecular complexity index is 1050. The van der Waals surface area contributed by atoms with Crippen molar-refractivity contribution < 1.29 is 27.9 Å². The quantitative estimate of drug-likeness (QED) is 0.659. The molecule has 10 heteroatoms. The van der Waals surface area contributed by atoms with Crippen molar-refractivity contribution in [1.82, 2.24) is 14.5 Å². The molecule has 3 rings (SSSR count). The van der Waals surface area contributed by atoms with Gasteiger partial charge in [-0.05, 0) is 30.7 Å². The molecule has 0 unspecified atom stereocenters. The Balaban J connectivity index is 0.000000396. The number of nitrogens with one attached hydrogen (secondary N) is 1. The summed E-state index contributed by atoms with van der Waals surface area (Å²) in [5.74, 6) is -1.65. The molecule has 0 radical (unpaired) electrons. The number of halogens is 3. The molecule has 0 atom stereocenters. The van der Waals surface area contributed by atoms with E-state index in [1.165, 1.54) is 0 Å². The molecule has 2 aromatic heterocycles. The number of fused-ring (bicyclic) bond motifs is 1. The van der Waals surface area contributed by atoms with E-state index in [4.69, 9.17) is 9.90 Å². The van der Waals surface area contributed by atoms with Crippen molar-refractivity contribution in [3.8, 4) is 0 Å². The molecule has 30 heavy (non-hydrogen) atoms. The van der Waals surface area contributed by atoms with Crippen molar-refractivity contribution >= 4 is 28.5 Å². The fourth-order valence-corrected chi connectivity index (χ4v) is 2.74. The second-order valence-electron chi connectivity index (χ2n) is 6.81. The van der Waals surface area contributed by atoms with Crippen LogP contribution >= 0.6 is 0 Å². The van der Waals surface area contributed by atoms with Crippen LogP contribution in [0.15, 0.2) is 42.9 Å². The van der Waals surface area contributed by atoms with Gasteiger partial charge in [-0.3, -0.25) is 9.78 Å². The third kappa shape index (κ3) is 6.03. The maximum Gasteiger partial charge on any atom is 0.490 e. The molecule has 7 nitrogen and oxygen atoms in total. The van der Waals surface area contributed by atoms with Gasteiger partial charge in [0.25, 0.3) is 0 Å². The topological polar surface area (TPSA) is 97.1 Å². The number of amides is 1. The third-order valence-corrected chi connectivity index (χ3v) is 3.94. The van der Waals surface area contributed by atoms with E-state index in [2.05, 4.69) is 35.2 Å². The number of nitrogens with zero attached hydrogens (tertiary/aromatic N) is 3. The fourth-order valence-electron chi connectivity index (χ4n) is 2.74. The number of aliphatic carboxylic acids is 1. The lowest BCUT2D eigenvalue weighted by Gasteiger charge is -2.12. The summed E-state index contributed by atoms with van der Waals surface area (Å²) in [5, 5.41) is 11.1. The first-order valence-electron chi connectivity index (χ1n) is 8.95. The molecular formula is C20H21F3N4O3. The number of hydrogen-bond donors (Lipinski definition) is 2. The van der Waals surface area contributed by atoms with E-state index in [0.29, 0.717) is 0 Å². The second kappa shape index (κ2) is 9.38. The number of carboxylic acid groups (broad SMARTS) is 1. The second-order valence-corrected chi connectivity index (χ2v) is 6.81. The number of anilines is 1. The monoisotopic (exact) mass is 422 g/mol. The van der Waals surface area contributed by atoms with Crippen LogP contribution in [-0.4, -0.2) is 37.7 Å². The van der Waals surface area contributed by atoms with Crippen molar-refractivity contribution in [2.75, 3.05) is 5.32 Å². The summed E-state index contributed by atoms with van der Waals surface area (Å²) in [7, 11) is 0. The van der Waals surface area contributed by atoms with Crippen molar-refractivity contribution in [3.63, 3.8) is 0 Å². The van der Waals surface area contributed by atoms with Gasteiger partial charge in [-0.15, -0.1) is 0 Å². The van der Waals surface area contributed by atoms with Crippen LogP contribution in [0.1, 0.15) is 31.2 Å². The van der Waals surface area contributed by atoms with E-state index in [1.54, 1.807) is 12.4 Å². The van der Waals surface area contributed by atoms with Crippen LogP contribution in [-0.2, 0) is 16.1 Å². The maximum absolute atomic E-state index is 12.4. The van der Waals surface area contributed by atoms with Gasteiger partial charge in [0.2, 0.25) is 5.91 Å². The highest BCUT2D eigenvalue weighted by Crippen LogP contribution is 2.23. The number of carboxylic acids is 1. The molecule has 160 valence electrons. The Morgan fingerprint density at radius 2 is 1.87 bits per heavy atom. The minimum absolute atomic E-state index is 0.0811. The molecule has 0 aliphatic carbocycles. The predicted molar refractivity (Wildman–Crippen MR) is 105 cm³/mol. The maximum atomic E-state index is 12.4. The normalized spacial score (nSPS) is 11.2.